The van der Waals surface area contributed by atoms with Crippen LogP contribution in [-0.2, 0) is 15.1 Å². The van der Waals surface area contributed by atoms with Gasteiger partial charge in [-0.05, 0) is 36.6 Å². The fourth-order valence-electron chi connectivity index (χ4n) is 4.88. The van der Waals surface area contributed by atoms with E-state index in [1.165, 1.54) is 0 Å². The molecule has 178 valence electrons. The minimum absolute atomic E-state index is 0.197. The summed E-state index contributed by atoms with van der Waals surface area (Å²) < 4.78 is 0. The van der Waals surface area contributed by atoms with E-state index in [4.69, 9.17) is 0 Å². The first kappa shape index (κ1) is 23.2. The minimum Gasteiger partial charge on any atom is -0.319 e. The summed E-state index contributed by atoms with van der Waals surface area (Å²) in [7, 11) is 0. The van der Waals surface area contributed by atoms with Crippen LogP contribution < -0.4 is 10.2 Å². The standard InChI is InChI=1S/C28H27N3O3S/c1-3-28(21-15-13-19(2)14-16-21)26(33)30(27(34)29-28)17-25(32)31-22-11-7-8-12-24(22)35-18-23(31)20-9-5-4-6-10-20/h4-16,23H,3,17-18H2,1-2H3,(H,29,34)/t23-,28-/m1/s1. The van der Waals surface area contributed by atoms with Gasteiger partial charge in [-0.3, -0.25) is 14.5 Å². The third kappa shape index (κ3) is 4.00. The van der Waals surface area contributed by atoms with E-state index in [-0.39, 0.29) is 18.5 Å². The number of nitrogens with one attached hydrogen (secondary N) is 1. The fourth-order valence-corrected chi connectivity index (χ4v) is 6.04. The highest BCUT2D eigenvalue weighted by atomic mass is 32.2. The lowest BCUT2D eigenvalue weighted by Crippen LogP contribution is -2.47. The number of amides is 4. The molecule has 0 unspecified atom stereocenters. The van der Waals surface area contributed by atoms with Gasteiger partial charge in [0, 0.05) is 10.6 Å². The van der Waals surface area contributed by atoms with Gasteiger partial charge >= 0.3 is 6.03 Å². The van der Waals surface area contributed by atoms with Gasteiger partial charge in [-0.1, -0.05) is 79.2 Å². The van der Waals surface area contributed by atoms with Crippen LogP contribution in [0.25, 0.3) is 0 Å². The van der Waals surface area contributed by atoms with Crippen molar-refractivity contribution in [3.05, 3.63) is 95.6 Å². The van der Waals surface area contributed by atoms with Crippen molar-refractivity contribution < 1.29 is 14.4 Å². The molecule has 1 N–H and O–H groups in total. The van der Waals surface area contributed by atoms with Crippen LogP contribution in [0.4, 0.5) is 10.5 Å². The van der Waals surface area contributed by atoms with Crippen LogP contribution in [0.3, 0.4) is 0 Å². The van der Waals surface area contributed by atoms with E-state index in [1.807, 2.05) is 92.7 Å². The van der Waals surface area contributed by atoms with Gasteiger partial charge in [0.15, 0.2) is 0 Å². The van der Waals surface area contributed by atoms with E-state index in [0.717, 1.165) is 32.2 Å². The minimum atomic E-state index is -1.17. The number of imide groups is 1. The van der Waals surface area contributed by atoms with Crippen molar-refractivity contribution in [2.75, 3.05) is 17.2 Å². The maximum absolute atomic E-state index is 13.8. The Balaban J connectivity index is 1.47. The number of aryl methyl sites for hydroxylation is 1. The predicted octanol–water partition coefficient (Wildman–Crippen LogP) is 5.03. The molecule has 2 atom stereocenters. The number of carbonyl (C=O) groups is 3. The van der Waals surface area contributed by atoms with Gasteiger partial charge in [0.25, 0.3) is 5.91 Å². The van der Waals surface area contributed by atoms with Crippen molar-refractivity contribution in [3.8, 4) is 0 Å². The molecule has 3 aromatic carbocycles. The molecule has 2 aliphatic rings. The second kappa shape index (κ2) is 9.23. The maximum Gasteiger partial charge on any atom is 0.325 e. The summed E-state index contributed by atoms with van der Waals surface area (Å²) in [5.41, 5.74) is 2.44. The summed E-state index contributed by atoms with van der Waals surface area (Å²) in [4.78, 5) is 44.3. The quantitative estimate of drug-likeness (QED) is 0.515. The average Bonchev–Trinajstić information content (AvgIpc) is 3.14. The molecule has 5 rings (SSSR count). The monoisotopic (exact) mass is 485 g/mol. The first-order valence-corrected chi connectivity index (χ1v) is 12.7. The molecule has 4 amide bonds. The average molecular weight is 486 g/mol. The third-order valence-electron chi connectivity index (χ3n) is 6.83. The zero-order chi connectivity index (χ0) is 24.6. The smallest absolute Gasteiger partial charge is 0.319 e. The highest BCUT2D eigenvalue weighted by molar-refractivity contribution is 7.99. The summed E-state index contributed by atoms with van der Waals surface area (Å²) in [5.74, 6) is 0.0128. The van der Waals surface area contributed by atoms with Crippen LogP contribution >= 0.6 is 11.8 Å². The number of nitrogens with zero attached hydrogens (tertiary/aromatic N) is 2. The largest absolute Gasteiger partial charge is 0.325 e. The zero-order valence-electron chi connectivity index (χ0n) is 19.7. The number of rotatable bonds is 5. The summed E-state index contributed by atoms with van der Waals surface area (Å²) in [5, 5.41) is 2.89. The summed E-state index contributed by atoms with van der Waals surface area (Å²) in [6.45, 7) is 3.52. The second-order valence-corrected chi connectivity index (χ2v) is 9.98. The van der Waals surface area contributed by atoms with Crippen molar-refractivity contribution in [2.24, 2.45) is 0 Å². The zero-order valence-corrected chi connectivity index (χ0v) is 20.5. The lowest BCUT2D eigenvalue weighted by atomic mass is 9.86. The number of urea groups is 1. The third-order valence-corrected chi connectivity index (χ3v) is 7.97. The maximum atomic E-state index is 13.8. The van der Waals surface area contributed by atoms with Crippen LogP contribution in [0.1, 0.15) is 36.1 Å². The molecular formula is C28H27N3O3S. The molecule has 0 saturated carbocycles. The Labute approximate surface area is 209 Å². The van der Waals surface area contributed by atoms with Crippen molar-refractivity contribution in [2.45, 2.75) is 36.7 Å². The molecule has 2 aliphatic heterocycles. The van der Waals surface area contributed by atoms with Crippen molar-refractivity contribution in [1.82, 2.24) is 10.2 Å². The van der Waals surface area contributed by atoms with Crippen molar-refractivity contribution in [1.29, 1.82) is 0 Å². The summed E-state index contributed by atoms with van der Waals surface area (Å²) in [6.07, 6.45) is 0.390. The summed E-state index contributed by atoms with van der Waals surface area (Å²) in [6, 6.07) is 24.5. The van der Waals surface area contributed by atoms with E-state index in [0.29, 0.717) is 12.2 Å². The van der Waals surface area contributed by atoms with Gasteiger partial charge in [-0.15, -0.1) is 11.8 Å². The molecule has 0 radical (unpaired) electrons. The Bertz CT molecular complexity index is 1280. The number of thioether (sulfide) groups is 1. The van der Waals surface area contributed by atoms with E-state index in [1.54, 1.807) is 16.7 Å². The van der Waals surface area contributed by atoms with E-state index in [9.17, 15) is 14.4 Å². The Morgan fingerprint density at radius 3 is 2.40 bits per heavy atom. The second-order valence-electron chi connectivity index (χ2n) is 8.92. The molecule has 3 aromatic rings. The van der Waals surface area contributed by atoms with E-state index >= 15 is 0 Å². The molecule has 0 bridgehead atoms. The highest BCUT2D eigenvalue weighted by Gasteiger charge is 2.52. The molecule has 0 aliphatic carbocycles. The van der Waals surface area contributed by atoms with Crippen LogP contribution in [0, 0.1) is 6.92 Å². The van der Waals surface area contributed by atoms with Crippen LogP contribution in [0.5, 0.6) is 0 Å². The molecule has 1 saturated heterocycles. The topological polar surface area (TPSA) is 69.7 Å². The molecule has 1 fully saturated rings. The molecule has 35 heavy (non-hydrogen) atoms. The summed E-state index contributed by atoms with van der Waals surface area (Å²) >= 11 is 1.70. The van der Waals surface area contributed by atoms with E-state index < -0.39 is 17.5 Å². The van der Waals surface area contributed by atoms with Gasteiger partial charge in [-0.2, -0.15) is 0 Å². The molecule has 7 heteroatoms. The fraction of sp³-hybridized carbons (Fsp3) is 0.250. The molecule has 6 nitrogen and oxygen atoms in total. The highest BCUT2D eigenvalue weighted by Crippen LogP contribution is 2.43. The van der Waals surface area contributed by atoms with Crippen LogP contribution in [0.2, 0.25) is 0 Å². The normalized spacial score (nSPS) is 21.6. The van der Waals surface area contributed by atoms with Crippen LogP contribution in [0.15, 0.2) is 83.8 Å². The van der Waals surface area contributed by atoms with Gasteiger partial charge in [0.2, 0.25) is 5.91 Å². The lowest BCUT2D eigenvalue weighted by Gasteiger charge is -2.37. The number of para-hydroxylation sites is 1. The SMILES string of the molecule is CC[C@]1(c2ccc(C)cc2)NC(=O)N(CC(=O)N2c3ccccc3SC[C@@H]2c2ccccc2)C1=O. The molecule has 2 heterocycles. The number of hydrogen-bond donors (Lipinski definition) is 1. The van der Waals surface area contributed by atoms with Gasteiger partial charge in [-0.25, -0.2) is 4.79 Å². The number of benzene rings is 3. The Morgan fingerprint density at radius 2 is 1.69 bits per heavy atom. The first-order chi connectivity index (χ1) is 16.9. The Kier molecular flexibility index (Phi) is 6.11. The van der Waals surface area contributed by atoms with Gasteiger partial charge < -0.3 is 10.2 Å². The van der Waals surface area contributed by atoms with Crippen LogP contribution in [-0.4, -0.2) is 35.0 Å². The number of anilines is 1. The van der Waals surface area contributed by atoms with Gasteiger partial charge in [0.05, 0.1) is 11.7 Å². The molecule has 0 aromatic heterocycles. The number of hydrogen-bond acceptors (Lipinski definition) is 4. The first-order valence-electron chi connectivity index (χ1n) is 11.7. The van der Waals surface area contributed by atoms with Gasteiger partial charge in [0.1, 0.15) is 12.1 Å². The lowest BCUT2D eigenvalue weighted by molar-refractivity contribution is -0.134. The number of carbonyl (C=O) groups excluding carboxylic acids is 3. The number of fused-ring (bicyclic) bond motifs is 1. The molecule has 0 spiro atoms. The predicted molar refractivity (Wildman–Crippen MR) is 137 cm³/mol. The van der Waals surface area contributed by atoms with Crippen molar-refractivity contribution >= 4 is 35.3 Å². The Hall–Kier alpha value is -3.58. The van der Waals surface area contributed by atoms with Crippen molar-refractivity contribution in [3.63, 3.8) is 0 Å². The Morgan fingerprint density at radius 1 is 1.00 bits per heavy atom. The van der Waals surface area contributed by atoms with E-state index in [2.05, 4.69) is 5.32 Å². The molecular weight excluding hydrogens is 458 g/mol.